The van der Waals surface area contributed by atoms with E-state index >= 15 is 0 Å². The van der Waals surface area contributed by atoms with E-state index < -0.39 is 0 Å². The molecule has 2 nitrogen and oxygen atoms in total. The van der Waals surface area contributed by atoms with Crippen LogP contribution in [0.15, 0.2) is 0 Å². The Bertz CT molecular complexity index is 292. The van der Waals surface area contributed by atoms with E-state index in [-0.39, 0.29) is 0 Å². The molecule has 1 spiro atoms. The predicted octanol–water partition coefficient (Wildman–Crippen LogP) is 4.28. The summed E-state index contributed by atoms with van der Waals surface area (Å²) in [6, 6.07) is 0.735. The molecule has 0 saturated heterocycles. The van der Waals surface area contributed by atoms with Gasteiger partial charge < -0.3 is 10.1 Å². The molecule has 0 radical (unpaired) electrons. The Labute approximate surface area is 125 Å². The van der Waals surface area contributed by atoms with Crippen molar-refractivity contribution in [3.8, 4) is 0 Å². The predicted molar refractivity (Wildman–Crippen MR) is 83.9 cm³/mol. The highest BCUT2D eigenvalue weighted by Crippen LogP contribution is 2.52. The lowest BCUT2D eigenvalue weighted by molar-refractivity contribution is -0.146. The minimum atomic E-state index is 0.492. The molecule has 0 amide bonds. The molecule has 20 heavy (non-hydrogen) atoms. The van der Waals surface area contributed by atoms with Crippen LogP contribution in [0.3, 0.4) is 0 Å². The van der Waals surface area contributed by atoms with Crippen molar-refractivity contribution in [2.24, 2.45) is 11.3 Å². The summed E-state index contributed by atoms with van der Waals surface area (Å²) >= 11 is 0. The summed E-state index contributed by atoms with van der Waals surface area (Å²) in [7, 11) is 0. The number of hydrogen-bond donors (Lipinski definition) is 1. The van der Waals surface area contributed by atoms with Gasteiger partial charge in [-0.15, -0.1) is 0 Å². The van der Waals surface area contributed by atoms with Gasteiger partial charge in [0.05, 0.1) is 6.10 Å². The van der Waals surface area contributed by atoms with Gasteiger partial charge in [-0.3, -0.25) is 0 Å². The molecule has 0 aliphatic heterocycles. The molecule has 3 rings (SSSR count). The van der Waals surface area contributed by atoms with Crippen LogP contribution in [0.25, 0.3) is 0 Å². The van der Waals surface area contributed by atoms with Gasteiger partial charge in [0.1, 0.15) is 0 Å². The molecule has 0 aromatic carbocycles. The molecule has 0 heterocycles. The fourth-order valence-electron chi connectivity index (χ4n) is 4.73. The van der Waals surface area contributed by atoms with Crippen LogP contribution in [0.2, 0.25) is 0 Å². The van der Waals surface area contributed by atoms with Crippen LogP contribution >= 0.6 is 0 Å². The summed E-state index contributed by atoms with van der Waals surface area (Å²) in [4.78, 5) is 0. The Morgan fingerprint density at radius 2 is 1.80 bits per heavy atom. The molecular formula is C18H33NO. The lowest BCUT2D eigenvalue weighted by atomic mass is 9.57. The van der Waals surface area contributed by atoms with Crippen molar-refractivity contribution >= 4 is 0 Å². The van der Waals surface area contributed by atoms with Crippen molar-refractivity contribution in [1.29, 1.82) is 0 Å². The first-order valence-corrected chi connectivity index (χ1v) is 9.20. The molecule has 3 saturated carbocycles. The third kappa shape index (κ3) is 2.92. The largest absolute Gasteiger partial charge is 0.378 e. The van der Waals surface area contributed by atoms with Gasteiger partial charge in [-0.05, 0) is 38.1 Å². The Morgan fingerprint density at radius 3 is 2.40 bits per heavy atom. The zero-order valence-corrected chi connectivity index (χ0v) is 13.3. The second-order valence-corrected chi connectivity index (χ2v) is 7.44. The van der Waals surface area contributed by atoms with E-state index in [1.165, 1.54) is 70.6 Å². The Morgan fingerprint density at radius 1 is 1.05 bits per heavy atom. The number of nitrogens with one attached hydrogen (secondary N) is 1. The van der Waals surface area contributed by atoms with E-state index in [0.29, 0.717) is 11.5 Å². The van der Waals surface area contributed by atoms with Gasteiger partial charge in [-0.2, -0.15) is 0 Å². The molecular weight excluding hydrogens is 246 g/mol. The third-order valence-corrected chi connectivity index (χ3v) is 6.34. The van der Waals surface area contributed by atoms with E-state index in [4.69, 9.17) is 4.74 Å². The zero-order chi connectivity index (χ0) is 13.8. The number of rotatable bonds is 6. The van der Waals surface area contributed by atoms with Crippen molar-refractivity contribution in [3.63, 3.8) is 0 Å². The van der Waals surface area contributed by atoms with Crippen LogP contribution in [-0.2, 0) is 4.74 Å². The van der Waals surface area contributed by atoms with Crippen LogP contribution in [0.1, 0.15) is 77.6 Å². The van der Waals surface area contributed by atoms with Gasteiger partial charge in [0.25, 0.3) is 0 Å². The summed E-state index contributed by atoms with van der Waals surface area (Å²) in [6.07, 6.45) is 16.0. The Kier molecular flexibility index (Phi) is 5.04. The summed E-state index contributed by atoms with van der Waals surface area (Å²) < 4.78 is 6.37. The van der Waals surface area contributed by atoms with E-state index in [2.05, 4.69) is 12.2 Å². The molecule has 0 bridgehead atoms. The first kappa shape index (κ1) is 14.8. The maximum absolute atomic E-state index is 6.37. The van der Waals surface area contributed by atoms with Crippen LogP contribution in [0.5, 0.6) is 0 Å². The number of hydrogen-bond acceptors (Lipinski definition) is 2. The first-order valence-electron chi connectivity index (χ1n) is 9.20. The maximum Gasteiger partial charge on any atom is 0.0661 e. The van der Waals surface area contributed by atoms with Crippen molar-refractivity contribution in [3.05, 3.63) is 0 Å². The topological polar surface area (TPSA) is 21.3 Å². The Balaban J connectivity index is 1.52. The summed E-state index contributed by atoms with van der Waals surface area (Å²) in [6.45, 7) is 4.38. The van der Waals surface area contributed by atoms with Gasteiger partial charge in [-0.1, -0.05) is 51.9 Å². The fourth-order valence-corrected chi connectivity index (χ4v) is 4.73. The molecule has 0 aromatic rings. The van der Waals surface area contributed by atoms with Crippen LogP contribution in [0, 0.1) is 11.3 Å². The molecule has 2 heteroatoms. The molecule has 2 atom stereocenters. The minimum absolute atomic E-state index is 0.492. The van der Waals surface area contributed by atoms with Crippen LogP contribution < -0.4 is 5.32 Å². The van der Waals surface area contributed by atoms with Gasteiger partial charge in [0.15, 0.2) is 0 Å². The second-order valence-electron chi connectivity index (χ2n) is 7.44. The summed E-state index contributed by atoms with van der Waals surface area (Å²) in [5.74, 6) is 0.990. The Hall–Kier alpha value is -0.0800. The van der Waals surface area contributed by atoms with Gasteiger partial charge in [0, 0.05) is 18.1 Å². The lowest BCUT2D eigenvalue weighted by Gasteiger charge is -2.56. The summed E-state index contributed by atoms with van der Waals surface area (Å²) in [5, 5.41) is 3.74. The standard InChI is InChI=1S/C18H33NO/c1-2-19-16-14-17(20-13-10-15-8-7-9-15)18(16)11-5-3-4-6-12-18/h15-17,19H,2-14H2,1H3. The quantitative estimate of drug-likeness (QED) is 0.783. The highest BCUT2D eigenvalue weighted by atomic mass is 16.5. The van der Waals surface area contributed by atoms with Crippen molar-refractivity contribution in [2.75, 3.05) is 13.2 Å². The average molecular weight is 279 g/mol. The molecule has 0 aromatic heterocycles. The lowest BCUT2D eigenvalue weighted by Crippen LogP contribution is -2.63. The average Bonchev–Trinajstić information content (AvgIpc) is 2.66. The van der Waals surface area contributed by atoms with Gasteiger partial charge in [-0.25, -0.2) is 0 Å². The van der Waals surface area contributed by atoms with Crippen molar-refractivity contribution in [2.45, 2.75) is 89.7 Å². The van der Waals surface area contributed by atoms with Gasteiger partial charge in [0.2, 0.25) is 0 Å². The normalized spacial score (nSPS) is 33.5. The molecule has 3 aliphatic rings. The monoisotopic (exact) mass is 279 g/mol. The fraction of sp³-hybridized carbons (Fsp3) is 1.00. The molecule has 1 N–H and O–H groups in total. The molecule has 3 aliphatic carbocycles. The third-order valence-electron chi connectivity index (χ3n) is 6.34. The highest BCUT2D eigenvalue weighted by Gasteiger charge is 2.54. The van der Waals surface area contributed by atoms with Crippen molar-refractivity contribution in [1.82, 2.24) is 5.32 Å². The minimum Gasteiger partial charge on any atom is -0.378 e. The van der Waals surface area contributed by atoms with E-state index in [1.807, 2.05) is 0 Å². The summed E-state index contributed by atoms with van der Waals surface area (Å²) in [5.41, 5.74) is 0.492. The molecule has 2 unspecified atom stereocenters. The first-order chi connectivity index (χ1) is 9.85. The molecule has 116 valence electrons. The van der Waals surface area contributed by atoms with E-state index in [0.717, 1.165) is 25.1 Å². The van der Waals surface area contributed by atoms with E-state index in [9.17, 15) is 0 Å². The van der Waals surface area contributed by atoms with Crippen LogP contribution in [0.4, 0.5) is 0 Å². The van der Waals surface area contributed by atoms with Gasteiger partial charge >= 0.3 is 0 Å². The van der Waals surface area contributed by atoms with Crippen LogP contribution in [-0.4, -0.2) is 25.3 Å². The number of ether oxygens (including phenoxy) is 1. The second kappa shape index (κ2) is 6.79. The maximum atomic E-state index is 6.37. The highest BCUT2D eigenvalue weighted by molar-refractivity contribution is 5.08. The SMILES string of the molecule is CCNC1CC(OCCC2CCC2)C12CCCCCC2. The van der Waals surface area contributed by atoms with E-state index in [1.54, 1.807) is 0 Å². The molecule has 3 fully saturated rings. The zero-order valence-electron chi connectivity index (χ0n) is 13.3. The van der Waals surface area contributed by atoms with Crippen molar-refractivity contribution < 1.29 is 4.74 Å². The smallest absolute Gasteiger partial charge is 0.0661 e.